The molecule has 6 nitrogen and oxygen atoms in total. The van der Waals surface area contributed by atoms with Gasteiger partial charge in [0.1, 0.15) is 5.82 Å². The van der Waals surface area contributed by atoms with Gasteiger partial charge >= 0.3 is 5.69 Å². The van der Waals surface area contributed by atoms with E-state index in [0.717, 1.165) is 4.57 Å². The van der Waals surface area contributed by atoms with Gasteiger partial charge in [0.05, 0.1) is 12.9 Å². The molecule has 0 fully saturated rings. The summed E-state index contributed by atoms with van der Waals surface area (Å²) in [5, 5.41) is 0. The summed E-state index contributed by atoms with van der Waals surface area (Å²) in [6.07, 6.45) is 1.47. The maximum Gasteiger partial charge on any atom is 0.332 e. The van der Waals surface area contributed by atoms with E-state index in [-0.39, 0.29) is 6.54 Å². The first-order chi connectivity index (χ1) is 10.0. The number of hydrogen-bond donors (Lipinski definition) is 0. The predicted molar refractivity (Wildman–Crippen MR) is 75.7 cm³/mol. The van der Waals surface area contributed by atoms with Gasteiger partial charge in [0, 0.05) is 19.7 Å². The van der Waals surface area contributed by atoms with E-state index in [1.165, 1.54) is 24.0 Å². The standard InChI is InChI=1S/C14H13FN4O2/c1-17-8-16-12-11(17)13(20)19(14(21)18(12)2)7-9-5-3-4-6-10(9)15/h3-6,8H,7H2,1-2H3. The summed E-state index contributed by atoms with van der Waals surface area (Å²) < 4.78 is 17.6. The Morgan fingerprint density at radius 3 is 2.62 bits per heavy atom. The van der Waals surface area contributed by atoms with Gasteiger partial charge in [0.25, 0.3) is 5.56 Å². The molecular formula is C14H13FN4O2. The highest BCUT2D eigenvalue weighted by Crippen LogP contribution is 2.08. The molecule has 0 aliphatic carbocycles. The molecule has 0 saturated carbocycles. The first-order valence-electron chi connectivity index (χ1n) is 6.35. The Balaban J connectivity index is 2.29. The molecule has 0 bridgehead atoms. The number of rotatable bonds is 2. The molecule has 0 radical (unpaired) electrons. The molecule has 0 atom stereocenters. The van der Waals surface area contributed by atoms with Crippen LogP contribution >= 0.6 is 0 Å². The molecule has 0 unspecified atom stereocenters. The molecule has 3 rings (SSSR count). The Morgan fingerprint density at radius 2 is 1.90 bits per heavy atom. The Hall–Kier alpha value is -2.70. The summed E-state index contributed by atoms with van der Waals surface area (Å²) in [7, 11) is 3.21. The number of aryl methyl sites for hydroxylation is 2. The monoisotopic (exact) mass is 288 g/mol. The topological polar surface area (TPSA) is 61.8 Å². The van der Waals surface area contributed by atoms with Crippen LogP contribution in [-0.4, -0.2) is 18.7 Å². The fourth-order valence-electron chi connectivity index (χ4n) is 2.33. The van der Waals surface area contributed by atoms with E-state index in [0.29, 0.717) is 16.7 Å². The van der Waals surface area contributed by atoms with E-state index in [9.17, 15) is 14.0 Å². The second-order valence-electron chi connectivity index (χ2n) is 4.85. The van der Waals surface area contributed by atoms with Crippen LogP contribution in [0, 0.1) is 5.82 Å². The van der Waals surface area contributed by atoms with Crippen molar-refractivity contribution in [3.05, 3.63) is 62.8 Å². The van der Waals surface area contributed by atoms with E-state index >= 15 is 0 Å². The van der Waals surface area contributed by atoms with Crippen LogP contribution in [0.4, 0.5) is 4.39 Å². The van der Waals surface area contributed by atoms with Crippen LogP contribution in [-0.2, 0) is 20.6 Å². The third kappa shape index (κ3) is 1.97. The van der Waals surface area contributed by atoms with Gasteiger partial charge in [-0.2, -0.15) is 0 Å². The Bertz CT molecular complexity index is 952. The van der Waals surface area contributed by atoms with Crippen molar-refractivity contribution in [2.45, 2.75) is 6.54 Å². The minimum Gasteiger partial charge on any atom is -0.328 e. The Kier molecular flexibility index (Phi) is 2.97. The minimum atomic E-state index is -0.519. The van der Waals surface area contributed by atoms with Crippen LogP contribution in [0.25, 0.3) is 11.2 Å². The van der Waals surface area contributed by atoms with Crippen molar-refractivity contribution in [1.29, 1.82) is 0 Å². The van der Waals surface area contributed by atoms with Crippen LogP contribution < -0.4 is 11.2 Å². The summed E-state index contributed by atoms with van der Waals surface area (Å²) in [5.74, 6) is -0.448. The Morgan fingerprint density at radius 1 is 1.19 bits per heavy atom. The second kappa shape index (κ2) is 4.69. The molecule has 0 spiro atoms. The smallest absolute Gasteiger partial charge is 0.328 e. The lowest BCUT2D eigenvalue weighted by molar-refractivity contribution is 0.582. The Labute approximate surface area is 118 Å². The molecule has 0 N–H and O–H groups in total. The van der Waals surface area contributed by atoms with Crippen molar-refractivity contribution >= 4 is 11.2 Å². The van der Waals surface area contributed by atoms with Gasteiger partial charge in [-0.05, 0) is 6.07 Å². The molecule has 21 heavy (non-hydrogen) atoms. The summed E-state index contributed by atoms with van der Waals surface area (Å²) in [4.78, 5) is 28.8. The lowest BCUT2D eigenvalue weighted by Crippen LogP contribution is -2.40. The number of fused-ring (bicyclic) bond motifs is 1. The average Bonchev–Trinajstić information content (AvgIpc) is 2.85. The van der Waals surface area contributed by atoms with E-state index in [1.807, 2.05) is 0 Å². The lowest BCUT2D eigenvalue weighted by Gasteiger charge is -2.09. The van der Waals surface area contributed by atoms with Gasteiger partial charge in [-0.25, -0.2) is 14.2 Å². The van der Waals surface area contributed by atoms with Gasteiger partial charge < -0.3 is 4.57 Å². The summed E-state index contributed by atoms with van der Waals surface area (Å²) in [6.45, 7) is -0.112. The first-order valence-corrected chi connectivity index (χ1v) is 6.35. The van der Waals surface area contributed by atoms with Crippen LogP contribution in [0.3, 0.4) is 0 Å². The van der Waals surface area contributed by atoms with Crippen LogP contribution in [0.1, 0.15) is 5.56 Å². The number of halogens is 1. The van der Waals surface area contributed by atoms with Crippen molar-refractivity contribution in [1.82, 2.24) is 18.7 Å². The molecule has 2 aromatic heterocycles. The molecule has 0 amide bonds. The van der Waals surface area contributed by atoms with Crippen molar-refractivity contribution in [3.63, 3.8) is 0 Å². The van der Waals surface area contributed by atoms with Crippen LogP contribution in [0.2, 0.25) is 0 Å². The van der Waals surface area contributed by atoms with Gasteiger partial charge in [-0.1, -0.05) is 18.2 Å². The van der Waals surface area contributed by atoms with Gasteiger partial charge in [-0.3, -0.25) is 13.9 Å². The van der Waals surface area contributed by atoms with Crippen molar-refractivity contribution in [2.75, 3.05) is 0 Å². The van der Waals surface area contributed by atoms with Gasteiger partial charge in [0.15, 0.2) is 11.2 Å². The normalized spacial score (nSPS) is 11.2. The molecule has 108 valence electrons. The summed E-state index contributed by atoms with van der Waals surface area (Å²) >= 11 is 0. The molecule has 2 heterocycles. The zero-order valence-corrected chi connectivity index (χ0v) is 11.6. The third-order valence-electron chi connectivity index (χ3n) is 3.49. The predicted octanol–water partition coefficient (Wildman–Crippen LogP) is 0.621. The molecule has 0 aliphatic heterocycles. The number of hydrogen-bond acceptors (Lipinski definition) is 3. The van der Waals surface area contributed by atoms with E-state index < -0.39 is 17.1 Å². The van der Waals surface area contributed by atoms with Crippen molar-refractivity contribution in [3.8, 4) is 0 Å². The zero-order chi connectivity index (χ0) is 15.1. The summed E-state index contributed by atoms with van der Waals surface area (Å²) in [6, 6.07) is 6.07. The fraction of sp³-hybridized carbons (Fsp3) is 0.214. The molecule has 0 aliphatic rings. The number of nitrogens with zero attached hydrogens (tertiary/aromatic N) is 4. The third-order valence-corrected chi connectivity index (χ3v) is 3.49. The first kappa shape index (κ1) is 13.3. The fourth-order valence-corrected chi connectivity index (χ4v) is 2.33. The summed E-state index contributed by atoms with van der Waals surface area (Å²) in [5.41, 5.74) is -0.0743. The molecule has 3 aromatic rings. The van der Waals surface area contributed by atoms with E-state index in [4.69, 9.17) is 0 Å². The molecule has 1 aromatic carbocycles. The van der Waals surface area contributed by atoms with Crippen LogP contribution in [0.15, 0.2) is 40.2 Å². The van der Waals surface area contributed by atoms with E-state index in [2.05, 4.69) is 4.98 Å². The highest BCUT2D eigenvalue weighted by Gasteiger charge is 2.15. The number of benzene rings is 1. The maximum absolute atomic E-state index is 13.7. The average molecular weight is 288 g/mol. The SMILES string of the molecule is Cn1cnc2c1c(=O)n(Cc1ccccc1F)c(=O)n2C. The number of aromatic nitrogens is 4. The maximum atomic E-state index is 13.7. The molecular weight excluding hydrogens is 275 g/mol. The quantitative estimate of drug-likeness (QED) is 0.694. The highest BCUT2D eigenvalue weighted by atomic mass is 19.1. The lowest BCUT2D eigenvalue weighted by atomic mass is 10.2. The molecule has 0 saturated heterocycles. The largest absolute Gasteiger partial charge is 0.332 e. The van der Waals surface area contributed by atoms with E-state index in [1.54, 1.807) is 29.8 Å². The highest BCUT2D eigenvalue weighted by molar-refractivity contribution is 5.69. The van der Waals surface area contributed by atoms with Crippen molar-refractivity contribution < 1.29 is 4.39 Å². The van der Waals surface area contributed by atoms with Crippen LogP contribution in [0.5, 0.6) is 0 Å². The molecule has 7 heteroatoms. The minimum absolute atomic E-state index is 0.112. The van der Waals surface area contributed by atoms with Gasteiger partial charge in [-0.15, -0.1) is 0 Å². The van der Waals surface area contributed by atoms with Gasteiger partial charge in [0.2, 0.25) is 0 Å². The zero-order valence-electron chi connectivity index (χ0n) is 11.6. The second-order valence-corrected chi connectivity index (χ2v) is 4.85. The van der Waals surface area contributed by atoms with Crippen molar-refractivity contribution in [2.24, 2.45) is 14.1 Å². The number of imidazole rings is 1.